The quantitative estimate of drug-likeness (QED) is 0.473. The summed E-state index contributed by atoms with van der Waals surface area (Å²) < 4.78 is 0. The molecule has 0 spiro atoms. The Morgan fingerprint density at radius 3 is 2.70 bits per heavy atom. The summed E-state index contributed by atoms with van der Waals surface area (Å²) in [6.07, 6.45) is 2.00. The van der Waals surface area contributed by atoms with Gasteiger partial charge in [-0.15, -0.1) is 0 Å². The fraction of sp³-hybridized carbons (Fsp3) is 0.857. The first-order valence-electron chi connectivity index (χ1n) is 3.58. The van der Waals surface area contributed by atoms with E-state index in [-0.39, 0.29) is 6.04 Å². The van der Waals surface area contributed by atoms with Crippen molar-refractivity contribution >= 4 is 6.29 Å². The van der Waals surface area contributed by atoms with E-state index in [0.717, 1.165) is 25.9 Å². The van der Waals surface area contributed by atoms with Crippen LogP contribution in [0.3, 0.4) is 0 Å². The fourth-order valence-electron chi connectivity index (χ4n) is 1.30. The van der Waals surface area contributed by atoms with Crippen molar-refractivity contribution in [3.05, 3.63) is 0 Å². The zero-order valence-electron chi connectivity index (χ0n) is 6.58. The molecule has 0 radical (unpaired) electrons. The predicted molar refractivity (Wildman–Crippen MR) is 39.7 cm³/mol. The zero-order valence-corrected chi connectivity index (χ0v) is 6.58. The average molecular weight is 142 g/mol. The molecule has 0 bridgehead atoms. The van der Waals surface area contributed by atoms with Crippen molar-refractivity contribution in [1.29, 1.82) is 0 Å². The Morgan fingerprint density at radius 1 is 1.50 bits per heavy atom. The minimum atomic E-state index is 0.149. The van der Waals surface area contributed by atoms with Gasteiger partial charge in [-0.1, -0.05) is 0 Å². The van der Waals surface area contributed by atoms with Gasteiger partial charge in [0, 0.05) is 6.54 Å². The highest BCUT2D eigenvalue weighted by Gasteiger charge is 2.20. The second kappa shape index (κ2) is 3.12. The summed E-state index contributed by atoms with van der Waals surface area (Å²) in [5, 5.41) is 0. The lowest BCUT2D eigenvalue weighted by atomic mass is 10.1. The van der Waals surface area contributed by atoms with E-state index in [1.807, 2.05) is 7.05 Å². The molecule has 1 saturated heterocycles. The second-order valence-electron chi connectivity index (χ2n) is 2.97. The van der Waals surface area contributed by atoms with E-state index in [2.05, 4.69) is 16.8 Å². The highest BCUT2D eigenvalue weighted by molar-refractivity contribution is 5.57. The first kappa shape index (κ1) is 7.69. The van der Waals surface area contributed by atoms with Gasteiger partial charge in [0.15, 0.2) is 0 Å². The van der Waals surface area contributed by atoms with Crippen molar-refractivity contribution in [2.45, 2.75) is 12.5 Å². The zero-order chi connectivity index (χ0) is 7.56. The van der Waals surface area contributed by atoms with Crippen LogP contribution >= 0.6 is 0 Å². The molecule has 1 unspecified atom stereocenters. The molecule has 0 saturated carbocycles. The summed E-state index contributed by atoms with van der Waals surface area (Å²) in [6.45, 7) is 1.94. The Hall–Kier alpha value is -0.410. The molecular weight excluding hydrogens is 128 g/mol. The fourth-order valence-corrected chi connectivity index (χ4v) is 1.30. The summed E-state index contributed by atoms with van der Waals surface area (Å²) in [5.74, 6) is 0. The second-order valence-corrected chi connectivity index (χ2v) is 2.97. The lowest BCUT2D eigenvalue weighted by Gasteiger charge is -2.34. The van der Waals surface area contributed by atoms with E-state index in [4.69, 9.17) is 0 Å². The third-order valence-corrected chi connectivity index (χ3v) is 1.99. The molecule has 1 aliphatic rings. The molecule has 1 rings (SSSR count). The lowest BCUT2D eigenvalue weighted by molar-refractivity contribution is -0.114. The number of carbonyl (C=O) groups excluding carboxylic acids is 1. The maximum absolute atomic E-state index is 10.4. The topological polar surface area (TPSA) is 23.6 Å². The van der Waals surface area contributed by atoms with Crippen molar-refractivity contribution in [2.75, 3.05) is 27.3 Å². The molecule has 0 aromatic heterocycles. The Labute approximate surface area is 61.6 Å². The Morgan fingerprint density at radius 2 is 2.20 bits per heavy atom. The SMILES string of the molecule is CN1CCC(C=O)N(C)C1. The number of aldehydes is 1. The van der Waals surface area contributed by atoms with Gasteiger partial charge in [0.25, 0.3) is 0 Å². The van der Waals surface area contributed by atoms with Crippen LogP contribution in [-0.4, -0.2) is 49.4 Å². The average Bonchev–Trinajstić information content (AvgIpc) is 1.88. The largest absolute Gasteiger partial charge is 0.302 e. The van der Waals surface area contributed by atoms with E-state index in [0.29, 0.717) is 0 Å². The molecule has 58 valence electrons. The summed E-state index contributed by atoms with van der Waals surface area (Å²) in [6, 6.07) is 0.149. The lowest BCUT2D eigenvalue weighted by Crippen LogP contribution is -2.47. The van der Waals surface area contributed by atoms with Gasteiger partial charge in [-0.2, -0.15) is 0 Å². The van der Waals surface area contributed by atoms with Crippen molar-refractivity contribution in [3.8, 4) is 0 Å². The van der Waals surface area contributed by atoms with Crippen LogP contribution in [-0.2, 0) is 4.79 Å². The van der Waals surface area contributed by atoms with E-state index >= 15 is 0 Å². The molecular formula is C7H14N2O. The van der Waals surface area contributed by atoms with Crippen LogP contribution in [0.5, 0.6) is 0 Å². The van der Waals surface area contributed by atoms with Gasteiger partial charge in [0.1, 0.15) is 6.29 Å². The summed E-state index contributed by atoms with van der Waals surface area (Å²) in [7, 11) is 4.05. The van der Waals surface area contributed by atoms with E-state index < -0.39 is 0 Å². The van der Waals surface area contributed by atoms with Crippen molar-refractivity contribution < 1.29 is 4.79 Å². The van der Waals surface area contributed by atoms with Crippen molar-refractivity contribution in [2.24, 2.45) is 0 Å². The van der Waals surface area contributed by atoms with Crippen LogP contribution in [0.1, 0.15) is 6.42 Å². The molecule has 0 N–H and O–H groups in total. The van der Waals surface area contributed by atoms with Gasteiger partial charge < -0.3 is 4.79 Å². The van der Waals surface area contributed by atoms with Gasteiger partial charge >= 0.3 is 0 Å². The number of likely N-dealkylation sites (N-methyl/N-ethyl adjacent to an activating group) is 1. The molecule has 3 nitrogen and oxygen atoms in total. The Bertz CT molecular complexity index is 127. The molecule has 1 atom stereocenters. The Kier molecular flexibility index (Phi) is 2.40. The third-order valence-electron chi connectivity index (χ3n) is 1.99. The maximum atomic E-state index is 10.4. The number of nitrogens with zero attached hydrogens (tertiary/aromatic N) is 2. The molecule has 3 heteroatoms. The van der Waals surface area contributed by atoms with Crippen molar-refractivity contribution in [3.63, 3.8) is 0 Å². The van der Waals surface area contributed by atoms with Crippen LogP contribution in [0.4, 0.5) is 0 Å². The number of hydrogen-bond donors (Lipinski definition) is 0. The van der Waals surface area contributed by atoms with Gasteiger partial charge in [0.05, 0.1) is 12.7 Å². The first-order valence-corrected chi connectivity index (χ1v) is 3.58. The predicted octanol–water partition coefficient (Wildman–Crippen LogP) is -0.221. The van der Waals surface area contributed by atoms with Gasteiger partial charge in [0.2, 0.25) is 0 Å². The number of rotatable bonds is 1. The Balaban J connectivity index is 2.43. The molecule has 0 aromatic carbocycles. The van der Waals surface area contributed by atoms with Crippen LogP contribution in [0.2, 0.25) is 0 Å². The highest BCUT2D eigenvalue weighted by Crippen LogP contribution is 2.07. The van der Waals surface area contributed by atoms with E-state index in [1.165, 1.54) is 0 Å². The molecule has 0 aromatic rings. The van der Waals surface area contributed by atoms with Gasteiger partial charge in [-0.25, -0.2) is 0 Å². The molecule has 10 heavy (non-hydrogen) atoms. The van der Waals surface area contributed by atoms with E-state index in [1.54, 1.807) is 0 Å². The molecule has 1 aliphatic heterocycles. The smallest absolute Gasteiger partial charge is 0.137 e. The number of hydrogen-bond acceptors (Lipinski definition) is 3. The monoisotopic (exact) mass is 142 g/mol. The number of carbonyl (C=O) groups is 1. The van der Waals surface area contributed by atoms with Crippen LogP contribution in [0, 0.1) is 0 Å². The van der Waals surface area contributed by atoms with Crippen LogP contribution in [0.25, 0.3) is 0 Å². The normalized spacial score (nSPS) is 30.4. The summed E-state index contributed by atoms with van der Waals surface area (Å²) in [5.41, 5.74) is 0. The van der Waals surface area contributed by atoms with Crippen LogP contribution < -0.4 is 0 Å². The van der Waals surface area contributed by atoms with Crippen molar-refractivity contribution in [1.82, 2.24) is 9.80 Å². The van der Waals surface area contributed by atoms with E-state index in [9.17, 15) is 4.79 Å². The van der Waals surface area contributed by atoms with Gasteiger partial charge in [-0.3, -0.25) is 9.80 Å². The van der Waals surface area contributed by atoms with Crippen LogP contribution in [0.15, 0.2) is 0 Å². The third kappa shape index (κ3) is 1.55. The summed E-state index contributed by atoms with van der Waals surface area (Å²) >= 11 is 0. The minimum Gasteiger partial charge on any atom is -0.302 e. The first-order chi connectivity index (χ1) is 4.74. The molecule has 1 fully saturated rings. The van der Waals surface area contributed by atoms with Gasteiger partial charge in [-0.05, 0) is 20.5 Å². The standard InChI is InChI=1S/C7H14N2O/c1-8-4-3-7(5-10)9(2)6-8/h5,7H,3-4,6H2,1-2H3. The molecule has 1 heterocycles. The summed E-state index contributed by atoms with van der Waals surface area (Å²) in [4.78, 5) is 14.7. The minimum absolute atomic E-state index is 0.149. The molecule has 0 amide bonds. The highest BCUT2D eigenvalue weighted by atomic mass is 16.1. The maximum Gasteiger partial charge on any atom is 0.137 e. The molecule has 0 aliphatic carbocycles.